The standard InChI is InChI=1S/C18H21N3O2S2/c1-12-5-7-14(8-6-12)22-9-15-20-21-17(23-15)25-11-13-10-24-16(19-13)18(2,3)4/h5-8,10H,9,11H2,1-4H3. The normalized spacial score (nSPS) is 11.7. The molecular formula is C18H21N3O2S2. The van der Waals surface area contributed by atoms with Gasteiger partial charge in [0.2, 0.25) is 0 Å². The van der Waals surface area contributed by atoms with Gasteiger partial charge in [-0.1, -0.05) is 50.2 Å². The van der Waals surface area contributed by atoms with Crippen LogP contribution < -0.4 is 4.74 Å². The quantitative estimate of drug-likeness (QED) is 0.565. The zero-order valence-corrected chi connectivity index (χ0v) is 16.4. The molecule has 0 aliphatic carbocycles. The van der Waals surface area contributed by atoms with Gasteiger partial charge >= 0.3 is 0 Å². The molecule has 25 heavy (non-hydrogen) atoms. The van der Waals surface area contributed by atoms with Crippen LogP contribution >= 0.6 is 23.1 Å². The summed E-state index contributed by atoms with van der Waals surface area (Å²) in [5.41, 5.74) is 2.31. The SMILES string of the molecule is Cc1ccc(OCc2nnc(SCc3csc(C(C)(C)C)n3)o2)cc1. The highest BCUT2D eigenvalue weighted by Crippen LogP contribution is 2.28. The molecule has 0 saturated heterocycles. The summed E-state index contributed by atoms with van der Waals surface area (Å²) in [4.78, 5) is 4.67. The van der Waals surface area contributed by atoms with Crippen molar-refractivity contribution >= 4 is 23.1 Å². The van der Waals surface area contributed by atoms with Crippen LogP contribution in [-0.2, 0) is 17.8 Å². The molecule has 7 heteroatoms. The summed E-state index contributed by atoms with van der Waals surface area (Å²) in [6, 6.07) is 7.86. The average molecular weight is 376 g/mol. The number of hydrogen-bond acceptors (Lipinski definition) is 7. The second kappa shape index (κ2) is 7.58. The van der Waals surface area contributed by atoms with Gasteiger partial charge in [0.25, 0.3) is 11.1 Å². The Morgan fingerprint density at radius 2 is 1.92 bits per heavy atom. The first kappa shape index (κ1) is 17.9. The van der Waals surface area contributed by atoms with E-state index in [2.05, 4.69) is 41.3 Å². The number of hydrogen-bond donors (Lipinski definition) is 0. The van der Waals surface area contributed by atoms with Crippen LogP contribution in [0.2, 0.25) is 0 Å². The van der Waals surface area contributed by atoms with E-state index in [4.69, 9.17) is 9.15 Å². The summed E-state index contributed by atoms with van der Waals surface area (Å²) in [7, 11) is 0. The van der Waals surface area contributed by atoms with E-state index in [0.717, 1.165) is 16.5 Å². The zero-order chi connectivity index (χ0) is 17.9. The third-order valence-electron chi connectivity index (χ3n) is 3.37. The predicted octanol–water partition coefficient (Wildman–Crippen LogP) is 5.00. The van der Waals surface area contributed by atoms with E-state index in [1.54, 1.807) is 11.3 Å². The monoisotopic (exact) mass is 375 g/mol. The van der Waals surface area contributed by atoms with Crippen molar-refractivity contribution in [3.63, 3.8) is 0 Å². The molecule has 0 aliphatic heterocycles. The molecule has 0 spiro atoms. The smallest absolute Gasteiger partial charge is 0.277 e. The molecule has 0 unspecified atom stereocenters. The van der Waals surface area contributed by atoms with Crippen LogP contribution in [0.4, 0.5) is 0 Å². The van der Waals surface area contributed by atoms with Gasteiger partial charge in [-0.25, -0.2) is 4.98 Å². The predicted molar refractivity (Wildman–Crippen MR) is 100 cm³/mol. The fourth-order valence-electron chi connectivity index (χ4n) is 1.99. The van der Waals surface area contributed by atoms with Gasteiger partial charge < -0.3 is 9.15 Å². The third kappa shape index (κ3) is 5.06. The Kier molecular flexibility index (Phi) is 5.44. The van der Waals surface area contributed by atoms with Crippen LogP contribution in [0.1, 0.15) is 42.9 Å². The minimum absolute atomic E-state index is 0.0819. The van der Waals surface area contributed by atoms with Crippen LogP contribution in [0.5, 0.6) is 5.75 Å². The summed E-state index contributed by atoms with van der Waals surface area (Å²) in [5.74, 6) is 1.97. The van der Waals surface area contributed by atoms with Gasteiger partial charge in [-0.3, -0.25) is 0 Å². The molecule has 5 nitrogen and oxygen atoms in total. The summed E-state index contributed by atoms with van der Waals surface area (Å²) in [6.07, 6.45) is 0. The van der Waals surface area contributed by atoms with Gasteiger partial charge in [0.1, 0.15) is 5.75 Å². The second-order valence-electron chi connectivity index (χ2n) is 6.75. The van der Waals surface area contributed by atoms with Gasteiger partial charge in [0.15, 0.2) is 6.61 Å². The number of thioether (sulfide) groups is 1. The molecule has 0 N–H and O–H groups in total. The largest absolute Gasteiger partial charge is 0.484 e. The Balaban J connectivity index is 1.51. The van der Waals surface area contributed by atoms with Crippen molar-refractivity contribution in [1.82, 2.24) is 15.2 Å². The molecule has 2 aromatic heterocycles. The molecule has 0 amide bonds. The fourth-order valence-corrected chi connectivity index (χ4v) is 3.67. The number of ether oxygens (including phenoxy) is 1. The summed E-state index contributed by atoms with van der Waals surface area (Å²) < 4.78 is 11.3. The molecule has 0 bridgehead atoms. The van der Waals surface area contributed by atoms with Crippen molar-refractivity contribution in [2.75, 3.05) is 0 Å². The first-order valence-electron chi connectivity index (χ1n) is 8.00. The maximum Gasteiger partial charge on any atom is 0.277 e. The van der Waals surface area contributed by atoms with Crippen LogP contribution in [0.15, 0.2) is 39.3 Å². The van der Waals surface area contributed by atoms with Crippen LogP contribution in [0.25, 0.3) is 0 Å². The lowest BCUT2D eigenvalue weighted by molar-refractivity contribution is 0.252. The molecule has 0 aliphatic rings. The molecule has 132 valence electrons. The number of nitrogens with zero attached hydrogens (tertiary/aromatic N) is 3. The highest BCUT2D eigenvalue weighted by atomic mass is 32.2. The third-order valence-corrected chi connectivity index (χ3v) is 5.54. The summed E-state index contributed by atoms with van der Waals surface area (Å²) in [6.45, 7) is 8.81. The van der Waals surface area contributed by atoms with Crippen molar-refractivity contribution in [3.8, 4) is 5.75 Å². The van der Waals surface area contributed by atoms with E-state index in [9.17, 15) is 0 Å². The van der Waals surface area contributed by atoms with Gasteiger partial charge in [0, 0.05) is 16.5 Å². The molecule has 1 aromatic carbocycles. The summed E-state index contributed by atoms with van der Waals surface area (Å²) >= 11 is 3.18. The Morgan fingerprint density at radius 1 is 1.16 bits per heavy atom. The molecule has 3 rings (SSSR count). The highest BCUT2D eigenvalue weighted by molar-refractivity contribution is 7.98. The average Bonchev–Trinajstić information content (AvgIpc) is 3.21. The van der Waals surface area contributed by atoms with Gasteiger partial charge in [0.05, 0.1) is 10.7 Å². The maximum atomic E-state index is 5.65. The summed E-state index contributed by atoms with van der Waals surface area (Å²) in [5, 5.41) is 11.8. The molecule has 3 aromatic rings. The van der Waals surface area contributed by atoms with Crippen molar-refractivity contribution < 1.29 is 9.15 Å². The number of rotatable bonds is 6. The van der Waals surface area contributed by atoms with E-state index in [0.29, 0.717) is 16.9 Å². The van der Waals surface area contributed by atoms with Crippen molar-refractivity contribution in [1.29, 1.82) is 0 Å². The van der Waals surface area contributed by atoms with Gasteiger partial charge in [-0.2, -0.15) is 0 Å². The Labute approximate surface area is 155 Å². The lowest BCUT2D eigenvalue weighted by Gasteiger charge is -2.13. The maximum absolute atomic E-state index is 5.65. The Morgan fingerprint density at radius 3 is 2.60 bits per heavy atom. The lowest BCUT2D eigenvalue weighted by atomic mass is 9.98. The molecule has 2 heterocycles. The fraction of sp³-hybridized carbons (Fsp3) is 0.389. The van der Waals surface area contributed by atoms with Crippen LogP contribution in [0.3, 0.4) is 0 Å². The first-order chi connectivity index (χ1) is 11.9. The Hall–Kier alpha value is -1.86. The minimum atomic E-state index is 0.0819. The molecular weight excluding hydrogens is 354 g/mol. The number of thiazole rings is 1. The Bertz CT molecular complexity index is 819. The topological polar surface area (TPSA) is 61.0 Å². The van der Waals surface area contributed by atoms with Crippen molar-refractivity contribution in [2.24, 2.45) is 0 Å². The van der Waals surface area contributed by atoms with Crippen molar-refractivity contribution in [2.45, 2.75) is 50.7 Å². The van der Waals surface area contributed by atoms with E-state index >= 15 is 0 Å². The number of benzene rings is 1. The highest BCUT2D eigenvalue weighted by Gasteiger charge is 2.18. The number of aromatic nitrogens is 3. The molecule has 0 fully saturated rings. The van der Waals surface area contributed by atoms with E-state index in [1.165, 1.54) is 17.3 Å². The first-order valence-corrected chi connectivity index (χ1v) is 9.86. The van der Waals surface area contributed by atoms with Crippen LogP contribution in [0, 0.1) is 6.92 Å². The molecule has 0 saturated carbocycles. The molecule has 0 atom stereocenters. The van der Waals surface area contributed by atoms with E-state index < -0.39 is 0 Å². The zero-order valence-electron chi connectivity index (χ0n) is 14.8. The second-order valence-corrected chi connectivity index (χ2v) is 8.53. The van der Waals surface area contributed by atoms with E-state index in [1.807, 2.05) is 31.2 Å². The van der Waals surface area contributed by atoms with E-state index in [-0.39, 0.29) is 12.0 Å². The van der Waals surface area contributed by atoms with Crippen molar-refractivity contribution in [3.05, 3.63) is 51.8 Å². The van der Waals surface area contributed by atoms with Crippen LogP contribution in [-0.4, -0.2) is 15.2 Å². The van der Waals surface area contributed by atoms with Gasteiger partial charge in [-0.15, -0.1) is 21.5 Å². The molecule has 0 radical (unpaired) electrons. The number of aryl methyl sites for hydroxylation is 1. The lowest BCUT2D eigenvalue weighted by Crippen LogP contribution is -2.10. The minimum Gasteiger partial charge on any atom is -0.484 e. The van der Waals surface area contributed by atoms with Gasteiger partial charge in [-0.05, 0) is 19.1 Å².